The highest BCUT2D eigenvalue weighted by Gasteiger charge is 2.36. The second kappa shape index (κ2) is 4.77. The van der Waals surface area contributed by atoms with Crippen LogP contribution in [0.5, 0.6) is 5.75 Å². The summed E-state index contributed by atoms with van der Waals surface area (Å²) in [6, 6.07) is 10.6. The molecule has 3 heteroatoms. The summed E-state index contributed by atoms with van der Waals surface area (Å²) in [4.78, 5) is 0. The van der Waals surface area contributed by atoms with Gasteiger partial charge in [0, 0.05) is 6.04 Å². The van der Waals surface area contributed by atoms with Crippen LogP contribution in [0.1, 0.15) is 31.2 Å². The highest BCUT2D eigenvalue weighted by Crippen LogP contribution is 2.39. The van der Waals surface area contributed by atoms with Crippen molar-refractivity contribution < 1.29 is 4.74 Å². The Hall–Kier alpha value is -1.53. The molecule has 0 spiro atoms. The maximum absolute atomic E-state index is 9.51. The predicted molar refractivity (Wildman–Crippen MR) is 66.7 cm³/mol. The van der Waals surface area contributed by atoms with Gasteiger partial charge in [-0.1, -0.05) is 12.1 Å². The van der Waals surface area contributed by atoms with E-state index in [1.54, 1.807) is 7.11 Å². The first kappa shape index (κ1) is 11.9. The van der Waals surface area contributed by atoms with Crippen molar-refractivity contribution in [2.75, 3.05) is 7.11 Å². The van der Waals surface area contributed by atoms with E-state index in [9.17, 15) is 5.26 Å². The maximum Gasteiger partial charge on any atom is 0.119 e. The normalized spacial score (nSPS) is 28.4. The van der Waals surface area contributed by atoms with Crippen LogP contribution in [0.25, 0.3) is 0 Å². The van der Waals surface area contributed by atoms with Gasteiger partial charge in [-0.15, -0.1) is 0 Å². The fraction of sp³-hybridized carbons (Fsp3) is 0.500. The van der Waals surface area contributed by atoms with Crippen LogP contribution in [-0.2, 0) is 5.41 Å². The van der Waals surface area contributed by atoms with Gasteiger partial charge in [0.25, 0.3) is 0 Å². The minimum absolute atomic E-state index is 0.252. The molecule has 0 atom stereocenters. The van der Waals surface area contributed by atoms with E-state index >= 15 is 0 Å². The zero-order valence-electron chi connectivity index (χ0n) is 10.1. The number of nitrogens with two attached hydrogens (primary N) is 1. The lowest BCUT2D eigenvalue weighted by Gasteiger charge is -2.34. The Labute approximate surface area is 102 Å². The van der Waals surface area contributed by atoms with Gasteiger partial charge in [-0.25, -0.2) is 0 Å². The van der Waals surface area contributed by atoms with Crippen LogP contribution in [0.3, 0.4) is 0 Å². The summed E-state index contributed by atoms with van der Waals surface area (Å²) >= 11 is 0. The van der Waals surface area contributed by atoms with Crippen molar-refractivity contribution in [3.05, 3.63) is 29.8 Å². The van der Waals surface area contributed by atoms with Gasteiger partial charge in [0.15, 0.2) is 0 Å². The van der Waals surface area contributed by atoms with Gasteiger partial charge in [-0.05, 0) is 43.4 Å². The lowest BCUT2D eigenvalue weighted by atomic mass is 9.69. The molecular formula is C14H18N2O. The fourth-order valence-electron chi connectivity index (χ4n) is 2.52. The van der Waals surface area contributed by atoms with Crippen molar-refractivity contribution >= 4 is 0 Å². The highest BCUT2D eigenvalue weighted by molar-refractivity contribution is 5.38. The Kier molecular flexibility index (Phi) is 3.35. The standard InChI is InChI=1S/C14H18N2O/c1-17-13-4-2-3-11(9-13)14(10-15)7-5-12(16)6-8-14/h2-4,9,12H,5-8,16H2,1H3/t12-,14+. The average Bonchev–Trinajstić information content (AvgIpc) is 2.40. The minimum Gasteiger partial charge on any atom is -0.497 e. The van der Waals surface area contributed by atoms with Crippen LogP contribution in [-0.4, -0.2) is 13.2 Å². The SMILES string of the molecule is COc1cccc([C@]2(C#N)CC[C@H](N)CC2)c1. The van der Waals surface area contributed by atoms with Crippen LogP contribution in [0.2, 0.25) is 0 Å². The molecule has 3 nitrogen and oxygen atoms in total. The number of methoxy groups -OCH3 is 1. The molecule has 0 aliphatic heterocycles. The van der Waals surface area contributed by atoms with E-state index in [4.69, 9.17) is 10.5 Å². The molecule has 1 aromatic rings. The minimum atomic E-state index is -0.371. The van der Waals surface area contributed by atoms with E-state index in [0.717, 1.165) is 37.0 Å². The Morgan fingerprint density at radius 3 is 2.71 bits per heavy atom. The van der Waals surface area contributed by atoms with Crippen molar-refractivity contribution in [2.24, 2.45) is 5.73 Å². The number of hydrogen-bond donors (Lipinski definition) is 1. The average molecular weight is 230 g/mol. The summed E-state index contributed by atoms with van der Waals surface area (Å²) in [5, 5.41) is 9.51. The van der Waals surface area contributed by atoms with Crippen LogP contribution in [0.15, 0.2) is 24.3 Å². The van der Waals surface area contributed by atoms with E-state index in [-0.39, 0.29) is 11.5 Å². The second-order valence-electron chi connectivity index (χ2n) is 4.76. The largest absolute Gasteiger partial charge is 0.497 e. The molecule has 0 radical (unpaired) electrons. The van der Waals surface area contributed by atoms with E-state index in [1.807, 2.05) is 24.3 Å². The van der Waals surface area contributed by atoms with Gasteiger partial charge in [-0.2, -0.15) is 5.26 Å². The molecular weight excluding hydrogens is 212 g/mol. The fourth-order valence-corrected chi connectivity index (χ4v) is 2.52. The molecule has 0 bridgehead atoms. The van der Waals surface area contributed by atoms with Gasteiger partial charge in [0.2, 0.25) is 0 Å². The number of hydrogen-bond acceptors (Lipinski definition) is 3. The van der Waals surface area contributed by atoms with Gasteiger partial charge >= 0.3 is 0 Å². The predicted octanol–water partition coefficient (Wildman–Crippen LogP) is 2.36. The Morgan fingerprint density at radius 2 is 2.12 bits per heavy atom. The van der Waals surface area contributed by atoms with Gasteiger partial charge < -0.3 is 10.5 Å². The van der Waals surface area contributed by atoms with Crippen LogP contribution in [0, 0.1) is 11.3 Å². The van der Waals surface area contributed by atoms with E-state index in [0.29, 0.717) is 0 Å². The van der Waals surface area contributed by atoms with Crippen LogP contribution < -0.4 is 10.5 Å². The number of ether oxygens (including phenoxy) is 1. The first-order valence-electron chi connectivity index (χ1n) is 6.01. The molecule has 90 valence electrons. The lowest BCUT2D eigenvalue weighted by Crippen LogP contribution is -2.35. The molecule has 17 heavy (non-hydrogen) atoms. The molecule has 1 fully saturated rings. The van der Waals surface area contributed by atoms with Crippen LogP contribution in [0.4, 0.5) is 0 Å². The highest BCUT2D eigenvalue weighted by atomic mass is 16.5. The number of rotatable bonds is 2. The third kappa shape index (κ3) is 2.27. The van der Waals surface area contributed by atoms with Gasteiger partial charge in [0.05, 0.1) is 18.6 Å². The molecule has 2 N–H and O–H groups in total. The molecule has 1 aromatic carbocycles. The summed E-state index contributed by atoms with van der Waals surface area (Å²) in [5.74, 6) is 0.812. The smallest absolute Gasteiger partial charge is 0.119 e. The third-order valence-electron chi connectivity index (χ3n) is 3.72. The van der Waals surface area contributed by atoms with E-state index < -0.39 is 0 Å². The van der Waals surface area contributed by atoms with Crippen molar-refractivity contribution in [2.45, 2.75) is 37.1 Å². The first-order chi connectivity index (χ1) is 8.20. The van der Waals surface area contributed by atoms with Crippen molar-refractivity contribution in [3.63, 3.8) is 0 Å². The van der Waals surface area contributed by atoms with Crippen molar-refractivity contribution in [3.8, 4) is 11.8 Å². The molecule has 0 aromatic heterocycles. The third-order valence-corrected chi connectivity index (χ3v) is 3.72. The molecule has 0 amide bonds. The van der Waals surface area contributed by atoms with E-state index in [2.05, 4.69) is 6.07 Å². The van der Waals surface area contributed by atoms with Gasteiger partial charge in [0.1, 0.15) is 5.75 Å². The number of nitriles is 1. The molecule has 1 aliphatic carbocycles. The molecule has 1 aliphatic rings. The van der Waals surface area contributed by atoms with Crippen LogP contribution >= 0.6 is 0 Å². The number of nitrogens with zero attached hydrogens (tertiary/aromatic N) is 1. The second-order valence-corrected chi connectivity index (χ2v) is 4.76. The summed E-state index contributed by atoms with van der Waals surface area (Å²) in [6.45, 7) is 0. The Bertz CT molecular complexity index is 428. The molecule has 0 heterocycles. The zero-order chi connectivity index (χ0) is 12.3. The summed E-state index contributed by atoms with van der Waals surface area (Å²) in [5.41, 5.74) is 6.60. The quantitative estimate of drug-likeness (QED) is 0.848. The summed E-state index contributed by atoms with van der Waals surface area (Å²) in [6.07, 6.45) is 3.53. The van der Waals surface area contributed by atoms with Crippen molar-refractivity contribution in [1.29, 1.82) is 5.26 Å². The summed E-state index contributed by atoms with van der Waals surface area (Å²) in [7, 11) is 1.65. The molecule has 0 unspecified atom stereocenters. The number of benzene rings is 1. The van der Waals surface area contributed by atoms with E-state index in [1.165, 1.54) is 0 Å². The van der Waals surface area contributed by atoms with Crippen molar-refractivity contribution in [1.82, 2.24) is 0 Å². The monoisotopic (exact) mass is 230 g/mol. The van der Waals surface area contributed by atoms with Gasteiger partial charge in [-0.3, -0.25) is 0 Å². The Balaban J connectivity index is 2.32. The molecule has 0 saturated heterocycles. The summed E-state index contributed by atoms with van der Waals surface area (Å²) < 4.78 is 5.22. The zero-order valence-corrected chi connectivity index (χ0v) is 10.1. The first-order valence-corrected chi connectivity index (χ1v) is 6.01. The Morgan fingerprint density at radius 1 is 1.41 bits per heavy atom. The lowest BCUT2D eigenvalue weighted by molar-refractivity contribution is 0.330. The molecule has 1 saturated carbocycles. The maximum atomic E-state index is 9.51. The molecule has 2 rings (SSSR count). The topological polar surface area (TPSA) is 59.0 Å².